The van der Waals surface area contributed by atoms with E-state index in [-0.39, 0.29) is 11.1 Å². The third-order valence-electron chi connectivity index (χ3n) is 5.83. The highest BCUT2D eigenvalue weighted by Crippen LogP contribution is 2.49. The monoisotopic (exact) mass is 424 g/mol. The van der Waals surface area contributed by atoms with Crippen LogP contribution in [-0.2, 0) is 0 Å². The molecule has 32 heavy (non-hydrogen) atoms. The molecule has 0 saturated heterocycles. The Hall–Kier alpha value is -4.32. The first-order valence-electron chi connectivity index (χ1n) is 10.1. The van der Waals surface area contributed by atoms with Crippen molar-refractivity contribution in [2.75, 3.05) is 7.11 Å². The highest BCUT2D eigenvalue weighted by atomic mass is 16.5. The van der Waals surface area contributed by atoms with E-state index >= 15 is 0 Å². The summed E-state index contributed by atoms with van der Waals surface area (Å²) in [5.74, 6) is 0.723. The van der Waals surface area contributed by atoms with Crippen molar-refractivity contribution < 1.29 is 18.3 Å². The maximum absolute atomic E-state index is 13.2. The minimum Gasteiger partial charge on any atom is -0.497 e. The SMILES string of the molecule is COc1ccc(C2c3c(c4ccccc4oc3=O)Oc3c2c(=O)oc2ccccc32)cc1. The van der Waals surface area contributed by atoms with Crippen molar-refractivity contribution in [1.29, 1.82) is 0 Å². The first-order chi connectivity index (χ1) is 15.7. The summed E-state index contributed by atoms with van der Waals surface area (Å²) >= 11 is 0. The van der Waals surface area contributed by atoms with Crippen molar-refractivity contribution in [1.82, 2.24) is 0 Å². The van der Waals surface area contributed by atoms with Gasteiger partial charge in [0, 0.05) is 0 Å². The van der Waals surface area contributed by atoms with Crippen LogP contribution in [-0.4, -0.2) is 7.11 Å². The molecule has 0 unspecified atom stereocenters. The summed E-state index contributed by atoms with van der Waals surface area (Å²) in [6.07, 6.45) is 0. The van der Waals surface area contributed by atoms with E-state index in [9.17, 15) is 9.59 Å². The van der Waals surface area contributed by atoms with Gasteiger partial charge in [-0.2, -0.15) is 0 Å². The lowest BCUT2D eigenvalue weighted by Crippen LogP contribution is -2.26. The summed E-state index contributed by atoms with van der Waals surface area (Å²) in [4.78, 5) is 26.3. The Morgan fingerprint density at radius 2 is 1.19 bits per heavy atom. The van der Waals surface area contributed by atoms with Crippen molar-refractivity contribution in [3.63, 3.8) is 0 Å². The molecule has 0 atom stereocenters. The molecule has 1 aliphatic rings. The van der Waals surface area contributed by atoms with Crippen LogP contribution in [0.1, 0.15) is 22.6 Å². The molecule has 0 N–H and O–H groups in total. The van der Waals surface area contributed by atoms with Crippen LogP contribution in [0.25, 0.3) is 21.9 Å². The smallest absolute Gasteiger partial charge is 0.344 e. The maximum Gasteiger partial charge on any atom is 0.344 e. The Labute approximate surface area is 181 Å². The van der Waals surface area contributed by atoms with Crippen molar-refractivity contribution >= 4 is 21.9 Å². The molecule has 0 aliphatic carbocycles. The molecule has 6 nitrogen and oxygen atoms in total. The Kier molecular flexibility index (Phi) is 3.95. The zero-order valence-electron chi connectivity index (χ0n) is 17.0. The van der Waals surface area contributed by atoms with E-state index in [4.69, 9.17) is 18.3 Å². The number of methoxy groups -OCH3 is 1. The lowest BCUT2D eigenvalue weighted by Gasteiger charge is -2.27. The second-order valence-electron chi connectivity index (χ2n) is 7.57. The molecule has 0 fully saturated rings. The predicted molar refractivity (Wildman–Crippen MR) is 119 cm³/mol. The minimum atomic E-state index is -0.721. The van der Waals surface area contributed by atoms with Gasteiger partial charge in [0.1, 0.15) is 28.4 Å². The van der Waals surface area contributed by atoms with Gasteiger partial charge in [0.2, 0.25) is 0 Å². The van der Waals surface area contributed by atoms with Crippen LogP contribution in [0.2, 0.25) is 0 Å². The van der Waals surface area contributed by atoms with Crippen molar-refractivity contribution in [2.45, 2.75) is 5.92 Å². The quantitative estimate of drug-likeness (QED) is 0.356. The Balaban J connectivity index is 1.76. The number of benzene rings is 3. The summed E-state index contributed by atoms with van der Waals surface area (Å²) in [6, 6.07) is 21.6. The number of ether oxygens (including phenoxy) is 2. The zero-order valence-corrected chi connectivity index (χ0v) is 17.0. The van der Waals surface area contributed by atoms with Crippen LogP contribution < -0.4 is 20.7 Å². The molecule has 1 aliphatic heterocycles. The molecule has 0 spiro atoms. The third kappa shape index (κ3) is 2.59. The number of hydrogen-bond acceptors (Lipinski definition) is 6. The van der Waals surface area contributed by atoms with Gasteiger partial charge in [0.15, 0.2) is 0 Å². The van der Waals surface area contributed by atoms with Crippen LogP contribution >= 0.6 is 0 Å². The van der Waals surface area contributed by atoms with Crippen LogP contribution in [0, 0.1) is 0 Å². The molecule has 156 valence electrons. The second-order valence-corrected chi connectivity index (χ2v) is 7.57. The highest BCUT2D eigenvalue weighted by Gasteiger charge is 2.37. The fourth-order valence-electron chi connectivity index (χ4n) is 4.37. The van der Waals surface area contributed by atoms with Crippen molar-refractivity contribution in [3.05, 3.63) is 110 Å². The van der Waals surface area contributed by atoms with Crippen LogP contribution in [0.3, 0.4) is 0 Å². The Bertz CT molecular complexity index is 1530. The average molecular weight is 424 g/mol. The van der Waals surface area contributed by atoms with Gasteiger partial charge in [0.05, 0.1) is 34.9 Å². The predicted octanol–water partition coefficient (Wildman–Crippen LogP) is 5.19. The number of para-hydroxylation sites is 2. The van der Waals surface area contributed by atoms with Gasteiger partial charge in [0.25, 0.3) is 0 Å². The van der Waals surface area contributed by atoms with E-state index in [0.29, 0.717) is 39.2 Å². The fourth-order valence-corrected chi connectivity index (χ4v) is 4.37. The van der Waals surface area contributed by atoms with Crippen molar-refractivity contribution in [3.8, 4) is 17.2 Å². The van der Waals surface area contributed by atoms with E-state index in [0.717, 1.165) is 5.56 Å². The Morgan fingerprint density at radius 3 is 1.69 bits per heavy atom. The van der Waals surface area contributed by atoms with E-state index in [1.54, 1.807) is 43.5 Å². The molecule has 5 aromatic rings. The summed E-state index contributed by atoms with van der Waals surface area (Å²) in [7, 11) is 1.58. The van der Waals surface area contributed by atoms with E-state index < -0.39 is 17.2 Å². The normalized spacial score (nSPS) is 12.9. The summed E-state index contributed by atoms with van der Waals surface area (Å²) in [5, 5.41) is 1.31. The molecule has 6 rings (SSSR count). The minimum absolute atomic E-state index is 0.268. The fraction of sp³-hybridized carbons (Fsp3) is 0.0769. The van der Waals surface area contributed by atoms with E-state index in [2.05, 4.69) is 0 Å². The molecular weight excluding hydrogens is 408 g/mol. The zero-order chi connectivity index (χ0) is 21.8. The largest absolute Gasteiger partial charge is 0.497 e. The first-order valence-corrected chi connectivity index (χ1v) is 10.1. The number of rotatable bonds is 2. The highest BCUT2D eigenvalue weighted by molar-refractivity contribution is 5.90. The van der Waals surface area contributed by atoms with Crippen LogP contribution in [0.4, 0.5) is 0 Å². The molecule has 2 aromatic heterocycles. The molecule has 0 radical (unpaired) electrons. The second kappa shape index (κ2) is 6.85. The van der Waals surface area contributed by atoms with Crippen LogP contribution in [0.15, 0.2) is 91.2 Å². The van der Waals surface area contributed by atoms with Gasteiger partial charge in [-0.3, -0.25) is 0 Å². The van der Waals surface area contributed by atoms with Crippen molar-refractivity contribution in [2.24, 2.45) is 0 Å². The lowest BCUT2D eigenvalue weighted by molar-refractivity contribution is 0.414. The molecule has 6 heteroatoms. The maximum atomic E-state index is 13.2. The van der Waals surface area contributed by atoms with Gasteiger partial charge in [-0.15, -0.1) is 0 Å². The lowest BCUT2D eigenvalue weighted by atomic mass is 9.83. The average Bonchev–Trinajstić information content (AvgIpc) is 2.83. The van der Waals surface area contributed by atoms with Gasteiger partial charge in [-0.25, -0.2) is 9.59 Å². The molecule has 0 saturated carbocycles. The van der Waals surface area contributed by atoms with Gasteiger partial charge in [-0.1, -0.05) is 36.4 Å². The van der Waals surface area contributed by atoms with Gasteiger partial charge in [-0.05, 0) is 42.0 Å². The summed E-state index contributed by atoms with van der Waals surface area (Å²) in [6.45, 7) is 0. The molecular formula is C26H16O6. The topological polar surface area (TPSA) is 78.9 Å². The third-order valence-corrected chi connectivity index (χ3v) is 5.83. The number of fused-ring (bicyclic) bond motifs is 6. The Morgan fingerprint density at radius 1 is 0.688 bits per heavy atom. The van der Waals surface area contributed by atoms with Gasteiger partial charge >= 0.3 is 11.3 Å². The molecule has 0 bridgehead atoms. The molecule has 0 amide bonds. The standard InChI is InChI=1S/C26H16O6/c1-29-15-12-10-14(11-13-15)20-21-23(16-6-2-4-8-18(16)30-25(21)27)32-24-17-7-3-5-9-19(17)31-26(28)22(20)24/h2-13,20H,1H3. The van der Waals surface area contributed by atoms with Crippen LogP contribution in [0.5, 0.6) is 17.2 Å². The summed E-state index contributed by atoms with van der Waals surface area (Å²) in [5.41, 5.74) is 0.978. The van der Waals surface area contributed by atoms with E-state index in [1.165, 1.54) is 0 Å². The first kappa shape index (κ1) is 18.4. The van der Waals surface area contributed by atoms with E-state index in [1.807, 2.05) is 36.4 Å². The number of hydrogen-bond donors (Lipinski definition) is 0. The molecule has 3 aromatic carbocycles. The van der Waals surface area contributed by atoms with Gasteiger partial charge < -0.3 is 18.3 Å². The molecule has 3 heterocycles. The summed E-state index contributed by atoms with van der Waals surface area (Å²) < 4.78 is 22.8.